The third-order valence-electron chi connectivity index (χ3n) is 4.73. The fourth-order valence-corrected chi connectivity index (χ4v) is 4.72. The number of nitrogens with one attached hydrogen (secondary N) is 1. The predicted molar refractivity (Wildman–Crippen MR) is 80.0 cm³/mol. The van der Waals surface area contributed by atoms with Gasteiger partial charge in [-0.25, -0.2) is 0 Å². The largest absolute Gasteiger partial charge is 0.481 e. The zero-order valence-corrected chi connectivity index (χ0v) is 13.7. The quantitative estimate of drug-likeness (QED) is 0.824. The molecule has 1 heterocycles. The van der Waals surface area contributed by atoms with E-state index in [1.807, 2.05) is 0 Å². The average molecular weight is 318 g/mol. The highest BCUT2D eigenvalue weighted by Gasteiger charge is 2.35. The number of hydrogen-bond donors (Lipinski definition) is 2. The van der Waals surface area contributed by atoms with Crippen molar-refractivity contribution in [3.63, 3.8) is 0 Å². The van der Waals surface area contributed by atoms with Crippen LogP contribution in [0.2, 0.25) is 0 Å². The van der Waals surface area contributed by atoms with Crippen molar-refractivity contribution in [3.8, 4) is 0 Å². The summed E-state index contributed by atoms with van der Waals surface area (Å²) in [6.07, 6.45) is 4.88. The molecule has 2 aliphatic rings. The van der Waals surface area contributed by atoms with Crippen molar-refractivity contribution in [2.24, 2.45) is 11.3 Å². The third-order valence-corrected chi connectivity index (χ3v) is 6.37. The molecule has 0 spiro atoms. The average Bonchev–Trinajstić information content (AvgIpc) is 2.41. The number of hydrogen-bond acceptors (Lipinski definition) is 3. The van der Waals surface area contributed by atoms with Gasteiger partial charge < -0.3 is 5.11 Å². The maximum atomic E-state index is 12.4. The molecule has 6 nitrogen and oxygen atoms in total. The van der Waals surface area contributed by atoms with E-state index in [-0.39, 0.29) is 12.6 Å². The fraction of sp³-hybridized carbons (Fsp3) is 0.929. The molecule has 2 rings (SSSR count). The number of rotatable bonds is 4. The second kappa shape index (κ2) is 6.22. The molecular weight excluding hydrogens is 292 g/mol. The summed E-state index contributed by atoms with van der Waals surface area (Å²) in [6.45, 7) is 4.92. The molecule has 0 aromatic rings. The van der Waals surface area contributed by atoms with Gasteiger partial charge in [0.1, 0.15) is 0 Å². The van der Waals surface area contributed by atoms with Gasteiger partial charge in [-0.3, -0.25) is 4.79 Å². The van der Waals surface area contributed by atoms with Crippen molar-refractivity contribution in [3.05, 3.63) is 0 Å². The lowest BCUT2D eigenvalue weighted by Crippen LogP contribution is -2.50. The van der Waals surface area contributed by atoms with E-state index in [1.54, 1.807) is 0 Å². The second-order valence-corrected chi connectivity index (χ2v) is 8.80. The third kappa shape index (κ3) is 4.40. The van der Waals surface area contributed by atoms with Crippen molar-refractivity contribution >= 4 is 16.2 Å². The molecule has 0 bridgehead atoms. The van der Waals surface area contributed by atoms with Gasteiger partial charge in [-0.15, -0.1) is 0 Å². The van der Waals surface area contributed by atoms with Gasteiger partial charge in [0.25, 0.3) is 10.2 Å². The van der Waals surface area contributed by atoms with Gasteiger partial charge in [0, 0.05) is 19.1 Å². The first-order chi connectivity index (χ1) is 9.70. The lowest BCUT2D eigenvalue weighted by atomic mass is 9.76. The molecule has 7 heteroatoms. The molecule has 1 unspecified atom stereocenters. The van der Waals surface area contributed by atoms with Crippen LogP contribution in [0.1, 0.15) is 52.4 Å². The summed E-state index contributed by atoms with van der Waals surface area (Å²) < 4.78 is 28.9. The van der Waals surface area contributed by atoms with Gasteiger partial charge in [0.05, 0.1) is 5.92 Å². The topological polar surface area (TPSA) is 86.7 Å². The van der Waals surface area contributed by atoms with Gasteiger partial charge in [-0.1, -0.05) is 13.8 Å². The van der Waals surface area contributed by atoms with Crippen LogP contribution in [-0.4, -0.2) is 42.9 Å². The summed E-state index contributed by atoms with van der Waals surface area (Å²) in [5, 5.41) is 9.06. The molecular formula is C14H26N2O4S. The maximum Gasteiger partial charge on any atom is 0.307 e. The molecule has 0 radical (unpaired) electrons. The molecule has 0 aromatic heterocycles. The Morgan fingerprint density at radius 1 is 1.24 bits per heavy atom. The van der Waals surface area contributed by atoms with Crippen LogP contribution < -0.4 is 4.72 Å². The van der Waals surface area contributed by atoms with Gasteiger partial charge in [0.15, 0.2) is 0 Å². The van der Waals surface area contributed by atoms with E-state index in [4.69, 9.17) is 5.11 Å². The molecule has 1 aliphatic heterocycles. The number of carboxylic acids is 1. The Balaban J connectivity index is 1.94. The first kappa shape index (κ1) is 16.7. The number of piperidine rings is 1. The van der Waals surface area contributed by atoms with Crippen molar-refractivity contribution < 1.29 is 18.3 Å². The van der Waals surface area contributed by atoms with Crippen molar-refractivity contribution in [1.29, 1.82) is 0 Å². The molecule has 0 amide bonds. The van der Waals surface area contributed by atoms with E-state index >= 15 is 0 Å². The molecule has 1 atom stereocenters. The first-order valence-corrected chi connectivity index (χ1v) is 9.14. The van der Waals surface area contributed by atoms with E-state index in [1.165, 1.54) is 4.31 Å². The van der Waals surface area contributed by atoms with Crippen molar-refractivity contribution in [1.82, 2.24) is 9.03 Å². The Hall–Kier alpha value is -0.660. The van der Waals surface area contributed by atoms with E-state index in [2.05, 4.69) is 18.6 Å². The Morgan fingerprint density at radius 2 is 1.86 bits per heavy atom. The van der Waals surface area contributed by atoms with Crippen LogP contribution in [0, 0.1) is 11.3 Å². The number of aliphatic carboxylic acids is 1. The van der Waals surface area contributed by atoms with E-state index in [9.17, 15) is 13.2 Å². The highest BCUT2D eigenvalue weighted by molar-refractivity contribution is 7.87. The van der Waals surface area contributed by atoms with Crippen LogP contribution in [0.5, 0.6) is 0 Å². The Bertz CT molecular complexity index is 479. The SMILES string of the molecule is CC1(C)CCC(NS(=O)(=O)N2CCCC(C(=O)O)C2)CC1. The summed E-state index contributed by atoms with van der Waals surface area (Å²) in [5.74, 6) is -1.49. The minimum atomic E-state index is -3.57. The Morgan fingerprint density at radius 3 is 2.43 bits per heavy atom. The summed E-state index contributed by atoms with van der Waals surface area (Å²) >= 11 is 0. The van der Waals surface area contributed by atoms with Crippen LogP contribution in [0.15, 0.2) is 0 Å². The summed E-state index contributed by atoms with van der Waals surface area (Å²) in [7, 11) is -3.57. The van der Waals surface area contributed by atoms with Gasteiger partial charge >= 0.3 is 5.97 Å². The zero-order chi connectivity index (χ0) is 15.7. The monoisotopic (exact) mass is 318 g/mol. The van der Waals surface area contributed by atoms with Crippen LogP contribution in [0.3, 0.4) is 0 Å². The van der Waals surface area contributed by atoms with E-state index in [0.29, 0.717) is 24.8 Å². The minimum absolute atomic E-state index is 0.0202. The number of carboxylic acid groups (broad SMARTS) is 1. The maximum absolute atomic E-state index is 12.4. The summed E-state index contributed by atoms with van der Waals surface area (Å²) in [6, 6.07) is -0.0202. The summed E-state index contributed by atoms with van der Waals surface area (Å²) in [5.41, 5.74) is 0.293. The predicted octanol–water partition coefficient (Wildman–Crippen LogP) is 1.59. The molecule has 1 saturated heterocycles. The highest BCUT2D eigenvalue weighted by atomic mass is 32.2. The standard InChI is InChI=1S/C14H26N2O4S/c1-14(2)7-5-12(6-8-14)15-21(19,20)16-9-3-4-11(10-16)13(17)18/h11-12,15H,3-10H2,1-2H3,(H,17,18). The number of carbonyl (C=O) groups is 1. The minimum Gasteiger partial charge on any atom is -0.481 e. The van der Waals surface area contributed by atoms with Gasteiger partial charge in [-0.2, -0.15) is 17.4 Å². The molecule has 2 N–H and O–H groups in total. The lowest BCUT2D eigenvalue weighted by Gasteiger charge is -2.36. The van der Waals surface area contributed by atoms with Gasteiger partial charge in [0.2, 0.25) is 0 Å². The van der Waals surface area contributed by atoms with Crippen LogP contribution in [-0.2, 0) is 15.0 Å². The molecule has 1 aliphatic carbocycles. The fourth-order valence-electron chi connectivity index (χ4n) is 3.16. The van der Waals surface area contributed by atoms with Crippen LogP contribution in [0.25, 0.3) is 0 Å². The van der Waals surface area contributed by atoms with E-state index in [0.717, 1.165) is 25.7 Å². The number of nitrogens with zero attached hydrogens (tertiary/aromatic N) is 1. The molecule has 1 saturated carbocycles. The molecule has 2 fully saturated rings. The first-order valence-electron chi connectivity index (χ1n) is 7.70. The van der Waals surface area contributed by atoms with E-state index < -0.39 is 22.1 Å². The Kier molecular flexibility index (Phi) is 4.95. The highest BCUT2D eigenvalue weighted by Crippen LogP contribution is 2.35. The lowest BCUT2D eigenvalue weighted by molar-refractivity contribution is -0.142. The molecule has 122 valence electrons. The summed E-state index contributed by atoms with van der Waals surface area (Å²) in [4.78, 5) is 11.0. The van der Waals surface area contributed by atoms with Crippen LogP contribution >= 0.6 is 0 Å². The van der Waals surface area contributed by atoms with Crippen molar-refractivity contribution in [2.75, 3.05) is 13.1 Å². The Labute approximate surface area is 127 Å². The normalized spacial score (nSPS) is 28.4. The van der Waals surface area contributed by atoms with Crippen LogP contribution in [0.4, 0.5) is 0 Å². The second-order valence-electron chi connectivity index (χ2n) is 7.10. The zero-order valence-electron chi connectivity index (χ0n) is 12.8. The molecule has 0 aromatic carbocycles. The smallest absolute Gasteiger partial charge is 0.307 e. The van der Waals surface area contributed by atoms with Gasteiger partial charge in [-0.05, 0) is 43.9 Å². The molecule has 21 heavy (non-hydrogen) atoms. The van der Waals surface area contributed by atoms with Crippen molar-refractivity contribution in [2.45, 2.75) is 58.4 Å².